The zero-order chi connectivity index (χ0) is 21.6. The summed E-state index contributed by atoms with van der Waals surface area (Å²) in [5.74, 6) is -0.369. The van der Waals surface area contributed by atoms with Crippen molar-refractivity contribution >= 4 is 38.3 Å². The number of carbonyl (C=O) groups is 2. The maximum absolute atomic E-state index is 12.7. The molecule has 0 bridgehead atoms. The van der Waals surface area contributed by atoms with Crippen LogP contribution in [-0.4, -0.2) is 18.5 Å². The molecule has 1 N–H and O–H groups in total. The summed E-state index contributed by atoms with van der Waals surface area (Å²) in [7, 11) is 0. The van der Waals surface area contributed by atoms with Crippen molar-refractivity contribution in [3.63, 3.8) is 0 Å². The Morgan fingerprint density at radius 2 is 1.50 bits per heavy atom. The topological polar surface area (TPSA) is 55.4 Å². The second-order valence-corrected chi connectivity index (χ2v) is 8.97. The van der Waals surface area contributed by atoms with Crippen LogP contribution in [0.1, 0.15) is 101 Å². The second-order valence-electron chi connectivity index (χ2n) is 7.92. The number of nitrogens with one attached hydrogen (secondary N) is 1. The van der Waals surface area contributed by atoms with Gasteiger partial charge in [-0.1, -0.05) is 89.8 Å². The molecule has 1 heterocycles. The lowest BCUT2D eigenvalue weighted by Crippen LogP contribution is -2.14. The number of esters is 1. The standard InChI is InChI=1S/C25H37NO3S/c1-3-5-7-8-9-10-11-12-13-18-22(27)26-24-23(25(28)29-19-6-4-2)20-16-14-15-17-21(20)30-24/h14-17H,3-13,18-19H2,1-2H3,(H,26,27). The van der Waals surface area contributed by atoms with Gasteiger partial charge in [-0.15, -0.1) is 11.3 Å². The van der Waals surface area contributed by atoms with Gasteiger partial charge in [-0.2, -0.15) is 0 Å². The molecule has 0 aliphatic heterocycles. The number of anilines is 1. The fraction of sp³-hybridized carbons (Fsp3) is 0.600. The number of ether oxygens (including phenoxy) is 1. The van der Waals surface area contributed by atoms with E-state index in [0.29, 0.717) is 23.6 Å². The van der Waals surface area contributed by atoms with Gasteiger partial charge in [0.2, 0.25) is 5.91 Å². The smallest absolute Gasteiger partial charge is 0.341 e. The number of hydrogen-bond acceptors (Lipinski definition) is 4. The normalized spacial score (nSPS) is 11.0. The molecule has 1 aromatic carbocycles. The molecule has 1 amide bonds. The Kier molecular flexibility index (Phi) is 11.5. The Labute approximate surface area is 185 Å². The quantitative estimate of drug-likeness (QED) is 0.232. The Bertz CT molecular complexity index is 784. The summed E-state index contributed by atoms with van der Waals surface area (Å²) in [5.41, 5.74) is 0.493. The van der Waals surface area contributed by atoms with Crippen LogP contribution in [0.2, 0.25) is 0 Å². The van der Waals surface area contributed by atoms with Crippen molar-refractivity contribution in [2.45, 2.75) is 90.9 Å². The highest BCUT2D eigenvalue weighted by Gasteiger charge is 2.21. The van der Waals surface area contributed by atoms with E-state index in [4.69, 9.17) is 4.74 Å². The van der Waals surface area contributed by atoms with Crippen LogP contribution in [0.5, 0.6) is 0 Å². The molecule has 0 aliphatic rings. The Balaban J connectivity index is 1.83. The van der Waals surface area contributed by atoms with Crippen LogP contribution in [0.4, 0.5) is 5.00 Å². The Morgan fingerprint density at radius 3 is 2.20 bits per heavy atom. The average molecular weight is 432 g/mol. The van der Waals surface area contributed by atoms with Crippen LogP contribution in [0.25, 0.3) is 10.1 Å². The van der Waals surface area contributed by atoms with Crippen LogP contribution < -0.4 is 5.32 Å². The summed E-state index contributed by atoms with van der Waals surface area (Å²) in [6.07, 6.45) is 13.3. The van der Waals surface area contributed by atoms with Crippen LogP contribution in [-0.2, 0) is 9.53 Å². The lowest BCUT2D eigenvalue weighted by atomic mass is 10.1. The first kappa shape index (κ1) is 24.4. The van der Waals surface area contributed by atoms with Crippen molar-refractivity contribution < 1.29 is 14.3 Å². The van der Waals surface area contributed by atoms with Crippen molar-refractivity contribution in [1.29, 1.82) is 0 Å². The van der Waals surface area contributed by atoms with Crippen molar-refractivity contribution in [2.75, 3.05) is 11.9 Å². The number of carbonyl (C=O) groups excluding carboxylic acids is 2. The van der Waals surface area contributed by atoms with Gasteiger partial charge in [0.1, 0.15) is 10.6 Å². The minimum atomic E-state index is -0.348. The van der Waals surface area contributed by atoms with Crippen molar-refractivity contribution in [1.82, 2.24) is 0 Å². The van der Waals surface area contributed by atoms with E-state index in [-0.39, 0.29) is 11.9 Å². The summed E-state index contributed by atoms with van der Waals surface area (Å²) < 4.78 is 6.42. The van der Waals surface area contributed by atoms with Crippen LogP contribution in [0.15, 0.2) is 24.3 Å². The molecule has 0 saturated heterocycles. The summed E-state index contributed by atoms with van der Waals surface area (Å²) in [4.78, 5) is 25.1. The van der Waals surface area contributed by atoms with E-state index in [9.17, 15) is 9.59 Å². The van der Waals surface area contributed by atoms with Gasteiger partial charge >= 0.3 is 5.97 Å². The van der Waals surface area contributed by atoms with Gasteiger partial charge in [-0.3, -0.25) is 4.79 Å². The SMILES string of the molecule is CCCCCCCCCCCC(=O)Nc1sc2ccccc2c1C(=O)OCCCC. The summed E-state index contributed by atoms with van der Waals surface area (Å²) >= 11 is 1.44. The zero-order valence-electron chi connectivity index (χ0n) is 18.6. The molecule has 0 spiro atoms. The third kappa shape index (κ3) is 8.10. The molecular formula is C25H37NO3S. The molecule has 0 unspecified atom stereocenters. The largest absolute Gasteiger partial charge is 0.462 e. The van der Waals surface area contributed by atoms with E-state index in [2.05, 4.69) is 19.2 Å². The fourth-order valence-corrected chi connectivity index (χ4v) is 4.61. The molecule has 4 nitrogen and oxygen atoms in total. The van der Waals surface area contributed by atoms with Gasteiger partial charge < -0.3 is 10.1 Å². The molecule has 0 aliphatic carbocycles. The number of rotatable bonds is 15. The van der Waals surface area contributed by atoms with Crippen LogP contribution in [0, 0.1) is 0 Å². The highest BCUT2D eigenvalue weighted by molar-refractivity contribution is 7.23. The molecule has 0 radical (unpaired) electrons. The Hall–Kier alpha value is -1.88. The first-order valence-electron chi connectivity index (χ1n) is 11.7. The summed E-state index contributed by atoms with van der Waals surface area (Å²) in [5, 5.41) is 4.43. The monoisotopic (exact) mass is 431 g/mol. The summed E-state index contributed by atoms with van der Waals surface area (Å²) in [6, 6.07) is 7.74. The van der Waals surface area contributed by atoms with Gasteiger partial charge in [0, 0.05) is 16.5 Å². The predicted octanol–water partition coefficient (Wildman–Crippen LogP) is 7.72. The fourth-order valence-electron chi connectivity index (χ4n) is 3.50. The van der Waals surface area contributed by atoms with E-state index >= 15 is 0 Å². The van der Waals surface area contributed by atoms with E-state index in [1.54, 1.807) is 0 Å². The minimum Gasteiger partial charge on any atom is -0.462 e. The molecule has 0 atom stereocenters. The molecule has 1 aromatic heterocycles. The predicted molar refractivity (Wildman–Crippen MR) is 127 cm³/mol. The van der Waals surface area contributed by atoms with Crippen molar-refractivity contribution in [3.8, 4) is 0 Å². The van der Waals surface area contributed by atoms with Gasteiger partial charge in [0.05, 0.1) is 6.61 Å². The van der Waals surface area contributed by atoms with Gasteiger partial charge in [0.25, 0.3) is 0 Å². The molecule has 2 aromatic rings. The van der Waals surface area contributed by atoms with Crippen molar-refractivity contribution in [3.05, 3.63) is 29.8 Å². The highest BCUT2D eigenvalue weighted by atomic mass is 32.1. The molecular weight excluding hydrogens is 394 g/mol. The first-order chi connectivity index (χ1) is 14.7. The molecule has 0 saturated carbocycles. The first-order valence-corrected chi connectivity index (χ1v) is 12.5. The van der Waals surface area contributed by atoms with Crippen LogP contribution in [0.3, 0.4) is 0 Å². The number of fused-ring (bicyclic) bond motifs is 1. The number of thiophene rings is 1. The number of amides is 1. The molecule has 2 rings (SSSR count). The molecule has 5 heteroatoms. The minimum absolute atomic E-state index is 0.0212. The third-order valence-electron chi connectivity index (χ3n) is 5.29. The van der Waals surface area contributed by atoms with Crippen molar-refractivity contribution in [2.24, 2.45) is 0 Å². The third-order valence-corrected chi connectivity index (χ3v) is 6.38. The number of hydrogen-bond donors (Lipinski definition) is 1. The summed E-state index contributed by atoms with van der Waals surface area (Å²) in [6.45, 7) is 4.71. The Morgan fingerprint density at radius 1 is 0.867 bits per heavy atom. The zero-order valence-corrected chi connectivity index (χ0v) is 19.5. The lowest BCUT2D eigenvalue weighted by Gasteiger charge is -2.08. The highest BCUT2D eigenvalue weighted by Crippen LogP contribution is 2.36. The van der Waals surface area contributed by atoms with Gasteiger partial charge in [-0.05, 0) is 18.9 Å². The maximum atomic E-state index is 12.7. The maximum Gasteiger partial charge on any atom is 0.341 e. The van der Waals surface area contributed by atoms with E-state index in [0.717, 1.165) is 35.8 Å². The molecule has 0 fully saturated rings. The second kappa shape index (κ2) is 14.2. The lowest BCUT2D eigenvalue weighted by molar-refractivity contribution is -0.116. The number of benzene rings is 1. The van der Waals surface area contributed by atoms with Gasteiger partial charge in [-0.25, -0.2) is 4.79 Å². The van der Waals surface area contributed by atoms with E-state index in [1.807, 2.05) is 24.3 Å². The van der Waals surface area contributed by atoms with E-state index in [1.165, 1.54) is 56.3 Å². The van der Waals surface area contributed by atoms with E-state index < -0.39 is 0 Å². The average Bonchev–Trinajstić information content (AvgIpc) is 3.10. The number of unbranched alkanes of at least 4 members (excludes halogenated alkanes) is 9. The molecule has 30 heavy (non-hydrogen) atoms. The molecule has 166 valence electrons. The van der Waals surface area contributed by atoms with Crippen LogP contribution >= 0.6 is 11.3 Å². The van der Waals surface area contributed by atoms with Gasteiger partial charge in [0.15, 0.2) is 0 Å².